The lowest BCUT2D eigenvalue weighted by molar-refractivity contribution is -0.274. The Morgan fingerprint density at radius 2 is 1.66 bits per heavy atom. The number of aromatic nitrogens is 1. The van der Waals surface area contributed by atoms with E-state index in [-0.39, 0.29) is 11.3 Å². The third-order valence-corrected chi connectivity index (χ3v) is 3.69. The second-order valence-corrected chi connectivity index (χ2v) is 5.84. The molecule has 9 heteroatoms. The summed E-state index contributed by atoms with van der Waals surface area (Å²) in [5.41, 5.74) is 1.27. The summed E-state index contributed by atoms with van der Waals surface area (Å²) in [5, 5.41) is 2.42. The number of rotatable bonds is 6. The molecule has 0 aliphatic rings. The van der Waals surface area contributed by atoms with Gasteiger partial charge in [0.1, 0.15) is 5.75 Å². The highest BCUT2D eigenvalue weighted by molar-refractivity contribution is 5.95. The molecule has 1 N–H and O–H groups in total. The zero-order valence-electron chi connectivity index (χ0n) is 14.8. The minimum Gasteiger partial charge on any atom is -0.452 e. The largest absolute Gasteiger partial charge is 0.573 e. The van der Waals surface area contributed by atoms with E-state index in [0.29, 0.717) is 0 Å². The first kappa shape index (κ1) is 20.0. The van der Waals surface area contributed by atoms with E-state index >= 15 is 0 Å². The number of nitrogens with one attached hydrogen (secondary N) is 1. The normalized spacial score (nSPS) is 11.0. The molecule has 1 heterocycles. The fourth-order valence-electron chi connectivity index (χ4n) is 2.45. The Labute approximate surface area is 163 Å². The van der Waals surface area contributed by atoms with Crippen molar-refractivity contribution in [2.75, 3.05) is 11.9 Å². The number of alkyl halides is 3. The van der Waals surface area contributed by atoms with Gasteiger partial charge in [0.25, 0.3) is 5.91 Å². The number of benzene rings is 2. The summed E-state index contributed by atoms with van der Waals surface area (Å²) in [7, 11) is 0. The molecule has 0 fully saturated rings. The van der Waals surface area contributed by atoms with Crippen molar-refractivity contribution in [3.63, 3.8) is 0 Å². The Balaban J connectivity index is 1.53. The van der Waals surface area contributed by atoms with Crippen molar-refractivity contribution in [2.45, 2.75) is 6.36 Å². The summed E-state index contributed by atoms with van der Waals surface area (Å²) in [6, 6.07) is 15.0. The molecule has 29 heavy (non-hydrogen) atoms. The van der Waals surface area contributed by atoms with E-state index in [1.54, 1.807) is 18.2 Å². The van der Waals surface area contributed by atoms with Crippen LogP contribution in [0.25, 0.3) is 5.69 Å². The third-order valence-electron chi connectivity index (χ3n) is 3.69. The summed E-state index contributed by atoms with van der Waals surface area (Å²) >= 11 is 0. The molecule has 0 atom stereocenters. The number of hydrogen-bond donors (Lipinski definition) is 1. The number of carbonyl (C=O) groups is 2. The molecule has 3 rings (SSSR count). The van der Waals surface area contributed by atoms with Gasteiger partial charge in [-0.2, -0.15) is 0 Å². The van der Waals surface area contributed by atoms with Gasteiger partial charge in [-0.1, -0.05) is 6.07 Å². The van der Waals surface area contributed by atoms with Crippen LogP contribution in [0.3, 0.4) is 0 Å². The first-order valence-electron chi connectivity index (χ1n) is 8.36. The smallest absolute Gasteiger partial charge is 0.452 e. The lowest BCUT2D eigenvalue weighted by Crippen LogP contribution is -2.21. The van der Waals surface area contributed by atoms with E-state index in [9.17, 15) is 22.8 Å². The highest BCUT2D eigenvalue weighted by Gasteiger charge is 2.30. The highest BCUT2D eigenvalue weighted by atomic mass is 19.4. The van der Waals surface area contributed by atoms with Gasteiger partial charge in [-0.15, -0.1) is 13.2 Å². The average molecular weight is 404 g/mol. The van der Waals surface area contributed by atoms with Crippen molar-refractivity contribution in [1.82, 2.24) is 4.57 Å². The van der Waals surface area contributed by atoms with Crippen LogP contribution in [-0.2, 0) is 9.53 Å². The van der Waals surface area contributed by atoms with Crippen molar-refractivity contribution < 1.29 is 32.2 Å². The maximum Gasteiger partial charge on any atom is 0.573 e. The summed E-state index contributed by atoms with van der Waals surface area (Å²) < 4.78 is 46.9. The SMILES string of the molecule is O=C(COC(=O)c1cccc(-n2cccc2)c1)Nc1ccc(OC(F)(F)F)cc1. The quantitative estimate of drug-likeness (QED) is 0.626. The fourth-order valence-corrected chi connectivity index (χ4v) is 2.45. The minimum absolute atomic E-state index is 0.232. The molecule has 0 radical (unpaired) electrons. The zero-order chi connectivity index (χ0) is 20.9. The number of carbonyl (C=O) groups excluding carboxylic acids is 2. The average Bonchev–Trinajstić information content (AvgIpc) is 3.21. The summed E-state index contributed by atoms with van der Waals surface area (Å²) in [6.07, 6.45) is -1.15. The number of amides is 1. The van der Waals surface area contributed by atoms with E-state index in [1.165, 1.54) is 12.1 Å². The lowest BCUT2D eigenvalue weighted by atomic mass is 10.2. The Morgan fingerprint density at radius 3 is 2.31 bits per heavy atom. The Morgan fingerprint density at radius 1 is 0.966 bits per heavy atom. The Hall–Kier alpha value is -3.75. The number of ether oxygens (including phenoxy) is 2. The molecule has 2 aromatic carbocycles. The first-order chi connectivity index (χ1) is 13.8. The monoisotopic (exact) mass is 404 g/mol. The maximum absolute atomic E-state index is 12.2. The molecule has 0 aliphatic carbocycles. The van der Waals surface area contributed by atoms with Gasteiger partial charge in [-0.25, -0.2) is 4.79 Å². The molecule has 0 aliphatic heterocycles. The Kier molecular flexibility index (Phi) is 5.87. The standard InChI is InChI=1S/C20H15F3N2O4/c21-20(22,23)29-17-8-6-15(7-9-17)24-18(26)13-28-19(27)14-4-3-5-16(12-14)25-10-1-2-11-25/h1-12H,13H2,(H,24,26). The van der Waals surface area contributed by atoms with Crippen LogP contribution in [0.1, 0.15) is 10.4 Å². The summed E-state index contributed by atoms with van der Waals surface area (Å²) in [6.45, 7) is -0.548. The molecule has 1 aromatic heterocycles. The van der Waals surface area contributed by atoms with Crippen LogP contribution in [0.2, 0.25) is 0 Å². The molecule has 0 saturated heterocycles. The molecule has 0 unspecified atom stereocenters. The molecule has 6 nitrogen and oxygen atoms in total. The van der Waals surface area contributed by atoms with Crippen LogP contribution in [-0.4, -0.2) is 29.4 Å². The van der Waals surface area contributed by atoms with E-state index in [2.05, 4.69) is 10.1 Å². The van der Waals surface area contributed by atoms with Crippen molar-refractivity contribution in [3.05, 3.63) is 78.6 Å². The second kappa shape index (κ2) is 8.51. The molecule has 3 aromatic rings. The third kappa shape index (κ3) is 5.86. The summed E-state index contributed by atoms with van der Waals surface area (Å²) in [4.78, 5) is 24.1. The number of nitrogens with zero attached hydrogens (tertiary/aromatic N) is 1. The Bertz CT molecular complexity index is 984. The van der Waals surface area contributed by atoms with Gasteiger partial charge in [0.05, 0.1) is 5.56 Å². The summed E-state index contributed by atoms with van der Waals surface area (Å²) in [5.74, 6) is -1.73. The van der Waals surface area contributed by atoms with Crippen LogP contribution in [0.4, 0.5) is 18.9 Å². The van der Waals surface area contributed by atoms with Gasteiger partial charge in [-0.05, 0) is 54.6 Å². The first-order valence-corrected chi connectivity index (χ1v) is 8.36. The maximum atomic E-state index is 12.2. The molecule has 0 saturated carbocycles. The molecule has 0 spiro atoms. The van der Waals surface area contributed by atoms with Gasteiger partial charge in [0, 0.05) is 23.8 Å². The van der Waals surface area contributed by atoms with Gasteiger partial charge in [0.2, 0.25) is 0 Å². The molecule has 150 valence electrons. The van der Waals surface area contributed by atoms with Gasteiger partial charge in [-0.3, -0.25) is 4.79 Å². The predicted octanol–water partition coefficient (Wildman–Crippen LogP) is 4.17. The topological polar surface area (TPSA) is 69.6 Å². The second-order valence-electron chi connectivity index (χ2n) is 5.84. The van der Waals surface area contributed by atoms with E-state index in [4.69, 9.17) is 4.74 Å². The van der Waals surface area contributed by atoms with Crippen molar-refractivity contribution >= 4 is 17.6 Å². The van der Waals surface area contributed by atoms with Crippen LogP contribution in [0.15, 0.2) is 73.1 Å². The van der Waals surface area contributed by atoms with Crippen LogP contribution in [0, 0.1) is 0 Å². The van der Waals surface area contributed by atoms with E-state index in [1.807, 2.05) is 35.2 Å². The van der Waals surface area contributed by atoms with Gasteiger partial charge >= 0.3 is 12.3 Å². The van der Waals surface area contributed by atoms with Crippen LogP contribution >= 0.6 is 0 Å². The van der Waals surface area contributed by atoms with Crippen molar-refractivity contribution in [3.8, 4) is 11.4 Å². The molecular weight excluding hydrogens is 389 g/mol. The number of esters is 1. The van der Waals surface area contributed by atoms with Crippen LogP contribution in [0.5, 0.6) is 5.75 Å². The number of anilines is 1. The lowest BCUT2D eigenvalue weighted by Gasteiger charge is -2.10. The molecule has 1 amide bonds. The highest BCUT2D eigenvalue weighted by Crippen LogP contribution is 2.23. The minimum atomic E-state index is -4.79. The van der Waals surface area contributed by atoms with E-state index in [0.717, 1.165) is 17.8 Å². The van der Waals surface area contributed by atoms with Gasteiger partial charge in [0.15, 0.2) is 6.61 Å². The fraction of sp³-hybridized carbons (Fsp3) is 0.100. The number of halogens is 3. The van der Waals surface area contributed by atoms with Gasteiger partial charge < -0.3 is 19.4 Å². The predicted molar refractivity (Wildman–Crippen MR) is 97.8 cm³/mol. The van der Waals surface area contributed by atoms with Crippen molar-refractivity contribution in [2.24, 2.45) is 0 Å². The molecule has 0 bridgehead atoms. The van der Waals surface area contributed by atoms with Crippen molar-refractivity contribution in [1.29, 1.82) is 0 Å². The molecular formula is C20H15F3N2O4. The van der Waals surface area contributed by atoms with Crippen LogP contribution < -0.4 is 10.1 Å². The zero-order valence-corrected chi connectivity index (χ0v) is 14.8. The number of hydrogen-bond acceptors (Lipinski definition) is 4. The van der Waals surface area contributed by atoms with E-state index < -0.39 is 30.6 Å².